The Kier molecular flexibility index (Phi) is 7.32. The summed E-state index contributed by atoms with van der Waals surface area (Å²) in [5, 5.41) is 3.36. The largest absolute Gasteiger partial charge is 0.314 e. The molecule has 0 aliphatic rings. The van der Waals surface area contributed by atoms with Crippen LogP contribution >= 0.6 is 0 Å². The van der Waals surface area contributed by atoms with E-state index < -0.39 is 9.84 Å². The van der Waals surface area contributed by atoms with Crippen LogP contribution in [0.2, 0.25) is 0 Å². The van der Waals surface area contributed by atoms with Crippen LogP contribution in [-0.4, -0.2) is 33.0 Å². The standard InChI is InChI=1S/C16H26FNO2S/c1-13(2)18-12-14(7-6-10-21(3,19)20)11-15-8-4-5-9-16(15)17/h4-5,8-9,13-14,18H,6-7,10-12H2,1-3H3. The van der Waals surface area contributed by atoms with Crippen molar-refractivity contribution in [3.8, 4) is 0 Å². The zero-order valence-corrected chi connectivity index (χ0v) is 13.9. The van der Waals surface area contributed by atoms with Gasteiger partial charge in [-0.15, -0.1) is 0 Å². The number of hydrogen-bond acceptors (Lipinski definition) is 3. The number of nitrogens with one attached hydrogen (secondary N) is 1. The van der Waals surface area contributed by atoms with E-state index in [1.807, 2.05) is 6.07 Å². The molecule has 0 bridgehead atoms. The van der Waals surface area contributed by atoms with Crippen molar-refractivity contribution in [3.05, 3.63) is 35.6 Å². The lowest BCUT2D eigenvalue weighted by Gasteiger charge is -2.19. The van der Waals surface area contributed by atoms with Crippen LogP contribution in [0.1, 0.15) is 32.3 Å². The Hall–Kier alpha value is -0.940. The molecule has 0 heterocycles. The van der Waals surface area contributed by atoms with E-state index in [-0.39, 0.29) is 17.5 Å². The molecule has 0 amide bonds. The molecule has 0 saturated heterocycles. The minimum absolute atomic E-state index is 0.185. The zero-order valence-electron chi connectivity index (χ0n) is 13.1. The summed E-state index contributed by atoms with van der Waals surface area (Å²) in [6, 6.07) is 7.15. The van der Waals surface area contributed by atoms with Gasteiger partial charge in [0.15, 0.2) is 0 Å². The van der Waals surface area contributed by atoms with Crippen molar-refractivity contribution in [2.45, 2.75) is 39.2 Å². The van der Waals surface area contributed by atoms with Crippen molar-refractivity contribution in [1.29, 1.82) is 0 Å². The normalized spacial score (nSPS) is 13.6. The third-order valence-electron chi connectivity index (χ3n) is 3.41. The highest BCUT2D eigenvalue weighted by molar-refractivity contribution is 7.90. The molecule has 0 spiro atoms. The van der Waals surface area contributed by atoms with Crippen LogP contribution in [0.4, 0.5) is 4.39 Å². The van der Waals surface area contributed by atoms with E-state index in [4.69, 9.17) is 0 Å². The summed E-state index contributed by atoms with van der Waals surface area (Å²) >= 11 is 0. The van der Waals surface area contributed by atoms with Gasteiger partial charge >= 0.3 is 0 Å². The van der Waals surface area contributed by atoms with Gasteiger partial charge in [-0.3, -0.25) is 0 Å². The molecular formula is C16H26FNO2S. The molecular weight excluding hydrogens is 289 g/mol. The molecule has 1 rings (SSSR count). The lowest BCUT2D eigenvalue weighted by molar-refractivity contribution is 0.412. The van der Waals surface area contributed by atoms with Gasteiger partial charge in [0.2, 0.25) is 0 Å². The summed E-state index contributed by atoms with van der Waals surface area (Å²) in [5.41, 5.74) is 0.701. The van der Waals surface area contributed by atoms with Gasteiger partial charge in [-0.2, -0.15) is 0 Å². The molecule has 1 N–H and O–H groups in total. The van der Waals surface area contributed by atoms with Crippen molar-refractivity contribution < 1.29 is 12.8 Å². The summed E-state index contributed by atoms with van der Waals surface area (Å²) in [4.78, 5) is 0. The fourth-order valence-corrected chi connectivity index (χ4v) is 2.98. The van der Waals surface area contributed by atoms with Crippen LogP contribution in [0.25, 0.3) is 0 Å². The Morgan fingerprint density at radius 2 is 1.90 bits per heavy atom. The van der Waals surface area contributed by atoms with Crippen LogP contribution in [0.5, 0.6) is 0 Å². The van der Waals surface area contributed by atoms with Gasteiger partial charge in [0, 0.05) is 18.1 Å². The smallest absolute Gasteiger partial charge is 0.147 e. The molecule has 1 aromatic rings. The highest BCUT2D eigenvalue weighted by atomic mass is 32.2. The van der Waals surface area contributed by atoms with Crippen molar-refractivity contribution in [1.82, 2.24) is 5.32 Å². The lowest BCUT2D eigenvalue weighted by atomic mass is 9.94. The minimum atomic E-state index is -2.93. The van der Waals surface area contributed by atoms with Crippen molar-refractivity contribution >= 4 is 9.84 Å². The van der Waals surface area contributed by atoms with Gasteiger partial charge < -0.3 is 5.32 Å². The second-order valence-electron chi connectivity index (χ2n) is 6.00. The predicted molar refractivity (Wildman–Crippen MR) is 85.7 cm³/mol. The highest BCUT2D eigenvalue weighted by Crippen LogP contribution is 2.17. The van der Waals surface area contributed by atoms with Crippen molar-refractivity contribution in [3.63, 3.8) is 0 Å². The summed E-state index contributed by atoms with van der Waals surface area (Å²) in [7, 11) is -2.93. The summed E-state index contributed by atoms with van der Waals surface area (Å²) < 4.78 is 36.2. The molecule has 21 heavy (non-hydrogen) atoms. The first-order chi connectivity index (χ1) is 9.78. The molecule has 1 atom stereocenters. The Bertz CT molecular complexity index is 529. The maximum atomic E-state index is 13.7. The number of hydrogen-bond donors (Lipinski definition) is 1. The Morgan fingerprint density at radius 3 is 2.48 bits per heavy atom. The molecule has 0 aliphatic carbocycles. The molecule has 1 aromatic carbocycles. The molecule has 1 unspecified atom stereocenters. The second kappa shape index (κ2) is 8.49. The highest BCUT2D eigenvalue weighted by Gasteiger charge is 2.14. The second-order valence-corrected chi connectivity index (χ2v) is 8.26. The van der Waals surface area contributed by atoms with Crippen LogP contribution in [-0.2, 0) is 16.3 Å². The van der Waals surface area contributed by atoms with Crippen molar-refractivity contribution in [2.24, 2.45) is 5.92 Å². The van der Waals surface area contributed by atoms with Gasteiger partial charge in [0.25, 0.3) is 0 Å². The maximum absolute atomic E-state index is 13.7. The molecule has 0 fully saturated rings. The van der Waals surface area contributed by atoms with Gasteiger partial charge in [-0.05, 0) is 43.4 Å². The SMILES string of the molecule is CC(C)NCC(CCCS(C)(=O)=O)Cc1ccccc1F. The van der Waals surface area contributed by atoms with E-state index in [0.717, 1.165) is 13.0 Å². The number of sulfone groups is 1. The third-order valence-corrected chi connectivity index (χ3v) is 4.44. The average Bonchev–Trinajstić information content (AvgIpc) is 2.36. The van der Waals surface area contributed by atoms with E-state index in [0.29, 0.717) is 24.4 Å². The minimum Gasteiger partial charge on any atom is -0.314 e. The Morgan fingerprint density at radius 1 is 1.24 bits per heavy atom. The van der Waals surface area contributed by atoms with E-state index in [9.17, 15) is 12.8 Å². The molecule has 3 nitrogen and oxygen atoms in total. The molecule has 0 saturated carbocycles. The molecule has 0 aromatic heterocycles. The fraction of sp³-hybridized carbons (Fsp3) is 0.625. The Balaban J connectivity index is 2.61. The number of rotatable bonds is 9. The molecule has 120 valence electrons. The first kappa shape index (κ1) is 18.1. The molecule has 0 radical (unpaired) electrons. The summed E-state index contributed by atoms with van der Waals surface area (Å²) in [5.74, 6) is 0.254. The molecule has 5 heteroatoms. The van der Waals surface area contributed by atoms with Crippen LogP contribution in [0.3, 0.4) is 0 Å². The van der Waals surface area contributed by atoms with E-state index in [1.54, 1.807) is 12.1 Å². The van der Waals surface area contributed by atoms with Gasteiger partial charge in [0.1, 0.15) is 15.7 Å². The summed E-state index contributed by atoms with van der Waals surface area (Å²) in [6.45, 7) is 4.91. The van der Waals surface area contributed by atoms with Gasteiger partial charge in [0.05, 0.1) is 0 Å². The molecule has 0 aliphatic heterocycles. The van der Waals surface area contributed by atoms with Crippen LogP contribution in [0, 0.1) is 11.7 Å². The maximum Gasteiger partial charge on any atom is 0.147 e. The summed E-state index contributed by atoms with van der Waals surface area (Å²) in [6.07, 6.45) is 3.29. The van der Waals surface area contributed by atoms with E-state index in [2.05, 4.69) is 19.2 Å². The fourth-order valence-electron chi connectivity index (χ4n) is 2.29. The zero-order chi connectivity index (χ0) is 15.9. The monoisotopic (exact) mass is 315 g/mol. The van der Waals surface area contributed by atoms with Gasteiger partial charge in [-0.1, -0.05) is 32.0 Å². The lowest BCUT2D eigenvalue weighted by Crippen LogP contribution is -2.30. The topological polar surface area (TPSA) is 46.2 Å². The number of halogens is 1. The van der Waals surface area contributed by atoms with Crippen LogP contribution < -0.4 is 5.32 Å². The quantitative estimate of drug-likeness (QED) is 0.762. The number of benzene rings is 1. The van der Waals surface area contributed by atoms with Crippen LogP contribution in [0.15, 0.2) is 24.3 Å². The van der Waals surface area contributed by atoms with Crippen molar-refractivity contribution in [2.75, 3.05) is 18.6 Å². The first-order valence-corrected chi connectivity index (χ1v) is 9.48. The average molecular weight is 315 g/mol. The van der Waals surface area contributed by atoms with E-state index in [1.165, 1.54) is 12.3 Å². The third kappa shape index (κ3) is 8.17. The van der Waals surface area contributed by atoms with E-state index >= 15 is 0 Å². The first-order valence-electron chi connectivity index (χ1n) is 7.42. The predicted octanol–water partition coefficient (Wildman–Crippen LogP) is 2.81. The Labute approximate surface area is 127 Å². The van der Waals surface area contributed by atoms with Gasteiger partial charge in [-0.25, -0.2) is 12.8 Å².